The topological polar surface area (TPSA) is 98.1 Å². The molecule has 0 fully saturated rings. The van der Waals surface area contributed by atoms with E-state index in [9.17, 15) is 9.59 Å². The van der Waals surface area contributed by atoms with Crippen molar-refractivity contribution in [1.82, 2.24) is 14.8 Å². The van der Waals surface area contributed by atoms with Crippen LogP contribution in [0.25, 0.3) is 22.3 Å². The van der Waals surface area contributed by atoms with Gasteiger partial charge >= 0.3 is 0 Å². The largest absolute Gasteiger partial charge is 0.479 e. The standard InChI is InChI=1S/C25H25N5O3S/c1-12(2)30-23-19(11-26-30)18(10-20(28-23)17-8-13(3)34-15(17)5)25(32)27-16-6-7-22-21(9-16)29-24(31)14(4)33-22/h6-12,14H,1-5H3,(H,27,32)(H,29,31). The Kier molecular flexibility index (Phi) is 5.36. The zero-order valence-electron chi connectivity index (χ0n) is 19.6. The maximum Gasteiger partial charge on any atom is 0.265 e. The van der Waals surface area contributed by atoms with Crippen LogP contribution in [0.3, 0.4) is 0 Å². The number of nitrogens with one attached hydrogen (secondary N) is 2. The molecule has 0 spiro atoms. The molecular formula is C25H25N5O3S. The number of carbonyl (C=O) groups excluding carboxylic acids is 2. The van der Waals surface area contributed by atoms with Crippen LogP contribution in [0.4, 0.5) is 11.4 Å². The summed E-state index contributed by atoms with van der Waals surface area (Å²) in [5.41, 5.74) is 3.98. The molecule has 2 N–H and O–H groups in total. The molecule has 1 unspecified atom stereocenters. The number of rotatable bonds is 4. The maximum atomic E-state index is 13.5. The van der Waals surface area contributed by atoms with Crippen LogP contribution in [0.2, 0.25) is 0 Å². The molecule has 2 amide bonds. The molecular weight excluding hydrogens is 450 g/mol. The summed E-state index contributed by atoms with van der Waals surface area (Å²) in [6.45, 7) is 9.87. The molecule has 1 aliphatic rings. The molecule has 1 aromatic carbocycles. The third-order valence-corrected chi connectivity index (χ3v) is 6.75. The van der Waals surface area contributed by atoms with Crippen molar-refractivity contribution in [2.24, 2.45) is 0 Å². The summed E-state index contributed by atoms with van der Waals surface area (Å²) >= 11 is 1.70. The summed E-state index contributed by atoms with van der Waals surface area (Å²) in [5, 5.41) is 10.9. The Morgan fingerprint density at radius 2 is 2.03 bits per heavy atom. The van der Waals surface area contributed by atoms with E-state index in [-0.39, 0.29) is 17.9 Å². The molecule has 0 saturated carbocycles. The van der Waals surface area contributed by atoms with E-state index in [0.29, 0.717) is 33.7 Å². The molecule has 0 radical (unpaired) electrons. The number of amides is 2. The van der Waals surface area contributed by atoms with Crippen molar-refractivity contribution < 1.29 is 14.3 Å². The first-order valence-corrected chi connectivity index (χ1v) is 11.9. The highest BCUT2D eigenvalue weighted by Crippen LogP contribution is 2.34. The van der Waals surface area contributed by atoms with Gasteiger partial charge in [-0.3, -0.25) is 9.59 Å². The van der Waals surface area contributed by atoms with Gasteiger partial charge < -0.3 is 15.4 Å². The van der Waals surface area contributed by atoms with Gasteiger partial charge in [0, 0.05) is 27.0 Å². The quantitative estimate of drug-likeness (QED) is 0.416. The number of pyridine rings is 1. The number of hydrogen-bond donors (Lipinski definition) is 2. The zero-order chi connectivity index (χ0) is 24.1. The van der Waals surface area contributed by atoms with Crippen LogP contribution in [0, 0.1) is 13.8 Å². The van der Waals surface area contributed by atoms with Crippen LogP contribution in [0.1, 0.15) is 46.9 Å². The molecule has 0 bridgehead atoms. The molecule has 1 atom stereocenters. The smallest absolute Gasteiger partial charge is 0.265 e. The van der Waals surface area contributed by atoms with E-state index in [1.54, 1.807) is 42.7 Å². The number of thiophene rings is 1. The van der Waals surface area contributed by atoms with E-state index in [2.05, 4.69) is 35.6 Å². The number of ether oxygens (including phenoxy) is 1. The Balaban J connectivity index is 1.56. The first-order chi connectivity index (χ1) is 16.2. The highest BCUT2D eigenvalue weighted by Gasteiger charge is 2.24. The number of hydrogen-bond acceptors (Lipinski definition) is 6. The number of anilines is 2. The molecule has 5 rings (SSSR count). The van der Waals surface area contributed by atoms with Crippen LogP contribution < -0.4 is 15.4 Å². The van der Waals surface area contributed by atoms with Crippen molar-refractivity contribution in [3.8, 4) is 17.0 Å². The van der Waals surface area contributed by atoms with Crippen LogP contribution in [0.15, 0.2) is 36.5 Å². The van der Waals surface area contributed by atoms with Gasteiger partial charge in [0.25, 0.3) is 11.8 Å². The highest BCUT2D eigenvalue weighted by molar-refractivity contribution is 7.12. The van der Waals surface area contributed by atoms with Crippen LogP contribution in [0.5, 0.6) is 5.75 Å². The van der Waals surface area contributed by atoms with Crippen molar-refractivity contribution >= 4 is 45.6 Å². The van der Waals surface area contributed by atoms with E-state index in [4.69, 9.17) is 9.72 Å². The van der Waals surface area contributed by atoms with Gasteiger partial charge in [0.1, 0.15) is 5.75 Å². The van der Waals surface area contributed by atoms with E-state index in [1.807, 2.05) is 24.6 Å². The Bertz CT molecular complexity index is 1450. The molecule has 0 saturated heterocycles. The van der Waals surface area contributed by atoms with E-state index < -0.39 is 6.10 Å². The van der Waals surface area contributed by atoms with Crippen molar-refractivity contribution in [1.29, 1.82) is 0 Å². The molecule has 3 aromatic heterocycles. The number of benzene rings is 1. The predicted octanol–water partition coefficient (Wildman–Crippen LogP) is 5.33. The molecule has 34 heavy (non-hydrogen) atoms. The Labute approximate surface area is 201 Å². The fourth-order valence-corrected chi connectivity index (χ4v) is 5.03. The lowest BCUT2D eigenvalue weighted by Gasteiger charge is -2.23. The average Bonchev–Trinajstić information content (AvgIpc) is 3.36. The second kappa shape index (κ2) is 8.25. The number of carbonyl (C=O) groups is 2. The van der Waals surface area contributed by atoms with Gasteiger partial charge in [0.2, 0.25) is 0 Å². The SMILES string of the molecule is Cc1cc(-c2cc(C(=O)Nc3ccc4c(c3)NC(=O)C(C)O4)c3cnn(C(C)C)c3n2)c(C)s1. The second-order valence-corrected chi connectivity index (χ2v) is 10.2. The van der Waals surface area contributed by atoms with Gasteiger partial charge in [-0.15, -0.1) is 11.3 Å². The van der Waals surface area contributed by atoms with Gasteiger partial charge in [-0.25, -0.2) is 9.67 Å². The summed E-state index contributed by atoms with van der Waals surface area (Å²) in [7, 11) is 0. The third kappa shape index (κ3) is 3.81. The molecule has 9 heteroatoms. The lowest BCUT2D eigenvalue weighted by atomic mass is 10.1. The minimum Gasteiger partial charge on any atom is -0.479 e. The normalized spacial score (nSPS) is 15.2. The molecule has 0 aliphatic carbocycles. The molecule has 4 aromatic rings. The molecule has 8 nitrogen and oxygen atoms in total. The van der Waals surface area contributed by atoms with Gasteiger partial charge in [0.15, 0.2) is 11.8 Å². The number of nitrogens with zero attached hydrogens (tertiary/aromatic N) is 3. The first-order valence-electron chi connectivity index (χ1n) is 11.1. The Hall–Kier alpha value is -3.72. The van der Waals surface area contributed by atoms with Crippen LogP contribution in [-0.4, -0.2) is 32.7 Å². The minimum atomic E-state index is -0.557. The van der Waals surface area contributed by atoms with Crippen LogP contribution in [-0.2, 0) is 4.79 Å². The average molecular weight is 476 g/mol. The highest BCUT2D eigenvalue weighted by atomic mass is 32.1. The monoisotopic (exact) mass is 475 g/mol. The fourth-order valence-electron chi connectivity index (χ4n) is 4.09. The lowest BCUT2D eigenvalue weighted by molar-refractivity contribution is -0.122. The maximum absolute atomic E-state index is 13.5. The lowest BCUT2D eigenvalue weighted by Crippen LogP contribution is -2.34. The molecule has 1 aliphatic heterocycles. The number of aryl methyl sites for hydroxylation is 2. The Morgan fingerprint density at radius 3 is 2.74 bits per heavy atom. The summed E-state index contributed by atoms with van der Waals surface area (Å²) in [6.07, 6.45) is 1.13. The van der Waals surface area contributed by atoms with Gasteiger partial charge in [-0.2, -0.15) is 5.10 Å². The summed E-state index contributed by atoms with van der Waals surface area (Å²) in [5.74, 6) is 0.0668. The number of aromatic nitrogens is 3. The van der Waals surface area contributed by atoms with E-state index in [1.165, 1.54) is 4.88 Å². The summed E-state index contributed by atoms with van der Waals surface area (Å²) in [4.78, 5) is 32.7. The van der Waals surface area contributed by atoms with Gasteiger partial charge in [-0.1, -0.05) is 0 Å². The first kappa shape index (κ1) is 22.1. The van der Waals surface area contributed by atoms with E-state index in [0.717, 1.165) is 16.1 Å². The molecule has 4 heterocycles. The fraction of sp³-hybridized carbons (Fsp3) is 0.280. The van der Waals surface area contributed by atoms with Crippen molar-refractivity contribution in [2.75, 3.05) is 10.6 Å². The zero-order valence-corrected chi connectivity index (χ0v) is 20.4. The van der Waals surface area contributed by atoms with Crippen molar-refractivity contribution in [3.63, 3.8) is 0 Å². The minimum absolute atomic E-state index is 0.0908. The number of fused-ring (bicyclic) bond motifs is 2. The second-order valence-electron chi connectivity index (χ2n) is 8.72. The van der Waals surface area contributed by atoms with Gasteiger partial charge in [0.05, 0.1) is 28.5 Å². The summed E-state index contributed by atoms with van der Waals surface area (Å²) in [6, 6.07) is 9.20. The van der Waals surface area contributed by atoms with E-state index >= 15 is 0 Å². The predicted molar refractivity (Wildman–Crippen MR) is 134 cm³/mol. The third-order valence-electron chi connectivity index (χ3n) is 5.79. The summed E-state index contributed by atoms with van der Waals surface area (Å²) < 4.78 is 7.44. The van der Waals surface area contributed by atoms with Crippen molar-refractivity contribution in [3.05, 3.63) is 51.8 Å². The van der Waals surface area contributed by atoms with Crippen LogP contribution >= 0.6 is 11.3 Å². The van der Waals surface area contributed by atoms with Gasteiger partial charge in [-0.05, 0) is 65.0 Å². The Morgan fingerprint density at radius 1 is 1.24 bits per heavy atom. The molecule has 174 valence electrons. The van der Waals surface area contributed by atoms with Crippen molar-refractivity contribution in [2.45, 2.75) is 46.8 Å².